The number of hydrogen-bond donors (Lipinski definition) is 0. The van der Waals surface area contributed by atoms with Crippen LogP contribution in [0.1, 0.15) is 63.9 Å². The minimum Gasteiger partial charge on any atom is -0.473 e. The number of hydrogen-bond acceptors (Lipinski definition) is 9. The molecule has 0 unspecified atom stereocenters. The van der Waals surface area contributed by atoms with Crippen LogP contribution in [-0.2, 0) is 29.2 Å². The number of rotatable bonds is 9. The summed E-state index contributed by atoms with van der Waals surface area (Å²) in [5.41, 5.74) is 5.53. The van der Waals surface area contributed by atoms with Crippen LogP contribution in [0.4, 0.5) is 0 Å². The van der Waals surface area contributed by atoms with Gasteiger partial charge in [0.25, 0.3) is 0 Å². The first-order valence-corrected chi connectivity index (χ1v) is 15.4. The predicted molar refractivity (Wildman–Crippen MR) is 167 cm³/mol. The molecule has 230 valence electrons. The molecule has 2 aromatic carbocycles. The number of likely N-dealkylation sites (tertiary alicyclic amines) is 1. The Kier molecular flexibility index (Phi) is 7.96. The molecule has 1 atom stereocenters. The van der Waals surface area contributed by atoms with Crippen molar-refractivity contribution in [2.45, 2.75) is 57.9 Å². The van der Waals surface area contributed by atoms with Crippen LogP contribution in [0.25, 0.3) is 22.0 Å². The van der Waals surface area contributed by atoms with Crippen LogP contribution in [-0.4, -0.2) is 58.3 Å². The van der Waals surface area contributed by atoms with Gasteiger partial charge in [0, 0.05) is 35.2 Å². The number of nitriles is 1. The molecule has 0 bridgehead atoms. The first-order chi connectivity index (χ1) is 22.0. The molecule has 10 heteroatoms. The molecular formula is C35H35N5O5. The summed E-state index contributed by atoms with van der Waals surface area (Å²) in [5.74, 6) is 2.31. The fourth-order valence-corrected chi connectivity index (χ4v) is 6.36. The molecule has 0 saturated carbocycles. The molecule has 5 aromatic rings. The zero-order valence-electron chi connectivity index (χ0n) is 25.5. The summed E-state index contributed by atoms with van der Waals surface area (Å²) < 4.78 is 24.9. The summed E-state index contributed by atoms with van der Waals surface area (Å²) in [6.07, 6.45) is 3.16. The molecule has 0 amide bonds. The molecule has 0 spiro atoms. The summed E-state index contributed by atoms with van der Waals surface area (Å²) in [5, 5.41) is 10.3. The molecule has 10 nitrogen and oxygen atoms in total. The first kappa shape index (κ1) is 29.0. The maximum atomic E-state index is 12.2. The number of fused-ring (bicyclic) bond motifs is 2. The van der Waals surface area contributed by atoms with Gasteiger partial charge in [-0.3, -0.25) is 4.90 Å². The standard InChI is InChI=1S/C35H35N5O5/c1-22-16-28-25(18-36)6-7-26(34(28)45-22)21-44-33-5-3-4-29(38-33)23-10-13-39(14-11-23)20-32-37-30-9-8-24(35(41)42-2)17-31(30)40(32)19-27-12-15-43-27/h3-9,16-17,23,27H,10-15,19-21H2,1-2H3/t27-/m0/s1. The van der Waals surface area contributed by atoms with Gasteiger partial charge in [-0.25, -0.2) is 14.8 Å². The number of ether oxygens (including phenoxy) is 3. The van der Waals surface area contributed by atoms with Gasteiger partial charge in [0.15, 0.2) is 0 Å². The van der Waals surface area contributed by atoms with Crippen LogP contribution in [0.3, 0.4) is 0 Å². The van der Waals surface area contributed by atoms with Crippen molar-refractivity contribution in [1.29, 1.82) is 5.26 Å². The number of carbonyl (C=O) groups excluding carboxylic acids is 1. The second-order valence-corrected chi connectivity index (χ2v) is 11.8. The second-order valence-electron chi connectivity index (χ2n) is 11.8. The maximum absolute atomic E-state index is 12.2. The van der Waals surface area contributed by atoms with Crippen LogP contribution in [0.5, 0.6) is 5.88 Å². The van der Waals surface area contributed by atoms with Crippen LogP contribution >= 0.6 is 0 Å². The number of aryl methyl sites for hydroxylation is 1. The number of nitrogens with zero attached hydrogens (tertiary/aromatic N) is 5. The normalized spacial score (nSPS) is 17.3. The topological polar surface area (TPSA) is 116 Å². The SMILES string of the molecule is COC(=O)c1ccc2nc(CN3CCC(c4cccc(OCc5ccc(C#N)c6cc(C)oc56)n4)CC3)n(C[C@@H]3CCO3)c2c1. The van der Waals surface area contributed by atoms with E-state index in [0.717, 1.165) is 91.3 Å². The highest BCUT2D eigenvalue weighted by Crippen LogP contribution is 2.31. The Balaban J connectivity index is 1.01. The van der Waals surface area contributed by atoms with Crippen molar-refractivity contribution in [2.24, 2.45) is 0 Å². The van der Waals surface area contributed by atoms with Gasteiger partial charge >= 0.3 is 5.97 Å². The lowest BCUT2D eigenvalue weighted by atomic mass is 9.93. The molecule has 2 aliphatic rings. The van der Waals surface area contributed by atoms with Crippen molar-refractivity contribution in [1.82, 2.24) is 19.4 Å². The van der Waals surface area contributed by atoms with E-state index in [1.54, 1.807) is 6.07 Å². The van der Waals surface area contributed by atoms with Crippen molar-refractivity contribution in [3.05, 3.63) is 88.6 Å². The van der Waals surface area contributed by atoms with Crippen molar-refractivity contribution in [2.75, 3.05) is 26.8 Å². The number of piperidine rings is 1. The van der Waals surface area contributed by atoms with E-state index < -0.39 is 0 Å². The highest BCUT2D eigenvalue weighted by atomic mass is 16.5. The third kappa shape index (κ3) is 5.89. The monoisotopic (exact) mass is 605 g/mol. The minimum absolute atomic E-state index is 0.167. The lowest BCUT2D eigenvalue weighted by molar-refractivity contribution is -0.0592. The molecule has 0 N–H and O–H groups in total. The van der Waals surface area contributed by atoms with Crippen LogP contribution in [0.2, 0.25) is 0 Å². The van der Waals surface area contributed by atoms with E-state index in [9.17, 15) is 10.1 Å². The minimum atomic E-state index is -0.351. The molecule has 2 fully saturated rings. The number of carbonyl (C=O) groups is 1. The van der Waals surface area contributed by atoms with Gasteiger partial charge < -0.3 is 23.2 Å². The summed E-state index contributed by atoms with van der Waals surface area (Å²) in [6.45, 7) is 6.27. The van der Waals surface area contributed by atoms with Crippen molar-refractivity contribution < 1.29 is 23.4 Å². The molecule has 2 saturated heterocycles. The van der Waals surface area contributed by atoms with Gasteiger partial charge in [-0.05, 0) is 75.7 Å². The fourth-order valence-electron chi connectivity index (χ4n) is 6.36. The molecule has 45 heavy (non-hydrogen) atoms. The van der Waals surface area contributed by atoms with E-state index in [2.05, 4.69) is 21.6 Å². The van der Waals surface area contributed by atoms with Gasteiger partial charge in [-0.2, -0.15) is 5.26 Å². The molecule has 3 aromatic heterocycles. The Bertz CT molecular complexity index is 1910. The van der Waals surface area contributed by atoms with Gasteiger partial charge in [0.2, 0.25) is 5.88 Å². The third-order valence-electron chi connectivity index (χ3n) is 8.93. The maximum Gasteiger partial charge on any atom is 0.337 e. The Morgan fingerprint density at radius 3 is 2.69 bits per heavy atom. The number of methoxy groups -OCH3 is 1. The van der Waals surface area contributed by atoms with Crippen molar-refractivity contribution in [3.8, 4) is 11.9 Å². The molecule has 2 aliphatic heterocycles. The second kappa shape index (κ2) is 12.3. The molecule has 7 rings (SSSR count). The Morgan fingerprint density at radius 1 is 1.09 bits per heavy atom. The number of furan rings is 1. The van der Waals surface area contributed by atoms with E-state index in [1.807, 2.05) is 49.4 Å². The van der Waals surface area contributed by atoms with Gasteiger partial charge in [-0.1, -0.05) is 12.1 Å². The smallest absolute Gasteiger partial charge is 0.337 e. The Hall–Kier alpha value is -4.72. The number of aromatic nitrogens is 3. The van der Waals surface area contributed by atoms with E-state index in [1.165, 1.54) is 7.11 Å². The van der Waals surface area contributed by atoms with E-state index in [4.69, 9.17) is 28.6 Å². The molecule has 0 radical (unpaired) electrons. The zero-order chi connectivity index (χ0) is 30.9. The van der Waals surface area contributed by atoms with E-state index >= 15 is 0 Å². The van der Waals surface area contributed by atoms with E-state index in [0.29, 0.717) is 35.1 Å². The predicted octanol–water partition coefficient (Wildman–Crippen LogP) is 5.89. The lowest BCUT2D eigenvalue weighted by Gasteiger charge is -2.32. The summed E-state index contributed by atoms with van der Waals surface area (Å²) >= 11 is 0. The first-order valence-electron chi connectivity index (χ1n) is 15.4. The average Bonchev–Trinajstić information content (AvgIpc) is 3.60. The van der Waals surface area contributed by atoms with Gasteiger partial charge in [0.05, 0.1) is 54.5 Å². The Morgan fingerprint density at radius 2 is 1.93 bits per heavy atom. The highest BCUT2D eigenvalue weighted by Gasteiger charge is 2.26. The number of benzene rings is 2. The average molecular weight is 606 g/mol. The number of esters is 1. The summed E-state index contributed by atoms with van der Waals surface area (Å²) in [6, 6.07) is 19.3. The third-order valence-corrected chi connectivity index (χ3v) is 8.93. The number of imidazole rings is 1. The summed E-state index contributed by atoms with van der Waals surface area (Å²) in [7, 11) is 1.40. The van der Waals surface area contributed by atoms with Gasteiger partial charge in [-0.15, -0.1) is 0 Å². The summed E-state index contributed by atoms with van der Waals surface area (Å²) in [4.78, 5) is 24.5. The van der Waals surface area contributed by atoms with Crippen molar-refractivity contribution >= 4 is 28.0 Å². The molecular weight excluding hydrogens is 570 g/mol. The van der Waals surface area contributed by atoms with Gasteiger partial charge in [0.1, 0.15) is 23.8 Å². The molecule has 0 aliphatic carbocycles. The van der Waals surface area contributed by atoms with Crippen LogP contribution in [0.15, 0.2) is 59.0 Å². The Labute approximate surface area is 261 Å². The quantitative estimate of drug-likeness (QED) is 0.190. The molecule has 5 heterocycles. The highest BCUT2D eigenvalue weighted by molar-refractivity contribution is 5.93. The fraction of sp³-hybridized carbons (Fsp3) is 0.371. The largest absolute Gasteiger partial charge is 0.473 e. The van der Waals surface area contributed by atoms with Crippen LogP contribution in [0, 0.1) is 18.3 Å². The van der Waals surface area contributed by atoms with Crippen LogP contribution < -0.4 is 4.74 Å². The van der Waals surface area contributed by atoms with Crippen molar-refractivity contribution in [3.63, 3.8) is 0 Å². The van der Waals surface area contributed by atoms with E-state index in [-0.39, 0.29) is 12.1 Å². The number of pyridine rings is 1. The zero-order valence-corrected chi connectivity index (χ0v) is 25.5. The lowest BCUT2D eigenvalue weighted by Crippen LogP contribution is -2.35.